The van der Waals surface area contributed by atoms with E-state index in [1.165, 1.54) is 10.7 Å². The summed E-state index contributed by atoms with van der Waals surface area (Å²) in [5.41, 5.74) is 1.41. The first-order chi connectivity index (χ1) is 14.5. The lowest BCUT2D eigenvalue weighted by Gasteiger charge is -2.32. The van der Waals surface area contributed by atoms with Gasteiger partial charge in [0.1, 0.15) is 5.52 Å². The summed E-state index contributed by atoms with van der Waals surface area (Å²) in [5.74, 6) is -0.288. The fourth-order valence-corrected chi connectivity index (χ4v) is 6.12. The summed E-state index contributed by atoms with van der Waals surface area (Å²) in [5, 5.41) is 11.4. The SMILES string of the molecule is CCCn1nnc2cc(S(=O)(=O)N3CCC[C@@H](C(=O)NC4CCCCC4)C3)ccc21. The first kappa shape index (κ1) is 21.2. The number of benzene rings is 1. The van der Waals surface area contributed by atoms with Gasteiger partial charge in [0.25, 0.3) is 0 Å². The van der Waals surface area contributed by atoms with Crippen LogP contribution in [0.25, 0.3) is 11.0 Å². The summed E-state index contributed by atoms with van der Waals surface area (Å²) in [4.78, 5) is 13.0. The first-order valence-electron chi connectivity index (χ1n) is 11.1. The molecule has 0 radical (unpaired) electrons. The first-order valence-corrected chi connectivity index (χ1v) is 12.6. The van der Waals surface area contributed by atoms with E-state index in [4.69, 9.17) is 0 Å². The minimum absolute atomic E-state index is 0.000222. The van der Waals surface area contributed by atoms with E-state index in [0.29, 0.717) is 18.5 Å². The van der Waals surface area contributed by atoms with Crippen LogP contribution < -0.4 is 5.32 Å². The maximum absolute atomic E-state index is 13.3. The number of carbonyl (C=O) groups excluding carboxylic acids is 1. The lowest BCUT2D eigenvalue weighted by molar-refractivity contribution is -0.127. The maximum atomic E-state index is 13.3. The van der Waals surface area contributed by atoms with Crippen molar-refractivity contribution in [3.8, 4) is 0 Å². The highest BCUT2D eigenvalue weighted by Gasteiger charge is 2.34. The van der Waals surface area contributed by atoms with Crippen molar-refractivity contribution in [2.75, 3.05) is 13.1 Å². The average Bonchev–Trinajstić information content (AvgIpc) is 3.17. The van der Waals surface area contributed by atoms with E-state index in [9.17, 15) is 13.2 Å². The molecular weight excluding hydrogens is 402 g/mol. The van der Waals surface area contributed by atoms with Gasteiger partial charge in [-0.2, -0.15) is 4.31 Å². The number of fused-ring (bicyclic) bond motifs is 1. The van der Waals surface area contributed by atoms with Crippen molar-refractivity contribution in [3.63, 3.8) is 0 Å². The minimum Gasteiger partial charge on any atom is -0.353 e. The van der Waals surface area contributed by atoms with Gasteiger partial charge in [-0.1, -0.05) is 31.4 Å². The molecule has 1 saturated carbocycles. The number of rotatable bonds is 6. The molecule has 1 aromatic heterocycles. The van der Waals surface area contributed by atoms with Gasteiger partial charge in [0.15, 0.2) is 0 Å². The topological polar surface area (TPSA) is 97.2 Å². The lowest BCUT2D eigenvalue weighted by atomic mass is 9.93. The second-order valence-corrected chi connectivity index (χ2v) is 10.4. The molecule has 1 atom stereocenters. The van der Waals surface area contributed by atoms with Gasteiger partial charge in [-0.15, -0.1) is 5.10 Å². The molecule has 2 aromatic rings. The molecule has 8 nitrogen and oxygen atoms in total. The molecule has 2 fully saturated rings. The van der Waals surface area contributed by atoms with Crippen molar-refractivity contribution in [2.24, 2.45) is 5.92 Å². The molecular formula is C21H31N5O3S. The summed E-state index contributed by atoms with van der Waals surface area (Å²) >= 11 is 0. The van der Waals surface area contributed by atoms with E-state index >= 15 is 0 Å². The molecule has 0 spiro atoms. The fourth-order valence-electron chi connectivity index (χ4n) is 4.58. The zero-order valence-electron chi connectivity index (χ0n) is 17.6. The van der Waals surface area contributed by atoms with E-state index in [2.05, 4.69) is 22.6 Å². The maximum Gasteiger partial charge on any atom is 0.243 e. The molecule has 1 amide bonds. The summed E-state index contributed by atoms with van der Waals surface area (Å²) in [6, 6.07) is 5.23. The fraction of sp³-hybridized carbons (Fsp3) is 0.667. The largest absolute Gasteiger partial charge is 0.353 e. The number of carbonyl (C=O) groups is 1. The second kappa shape index (κ2) is 9.01. The highest BCUT2D eigenvalue weighted by molar-refractivity contribution is 7.89. The molecule has 0 bridgehead atoms. The van der Waals surface area contributed by atoms with Crippen LogP contribution in [-0.2, 0) is 21.4 Å². The Labute approximate surface area is 178 Å². The van der Waals surface area contributed by atoms with Gasteiger partial charge in [-0.05, 0) is 50.3 Å². The summed E-state index contributed by atoms with van der Waals surface area (Å²) < 4.78 is 29.8. The number of aryl methyl sites for hydroxylation is 1. The Morgan fingerprint density at radius 2 is 1.97 bits per heavy atom. The number of nitrogens with one attached hydrogen (secondary N) is 1. The van der Waals surface area contributed by atoms with Crippen LogP contribution in [0.1, 0.15) is 58.3 Å². The van der Waals surface area contributed by atoms with Crippen LogP contribution in [0, 0.1) is 5.92 Å². The van der Waals surface area contributed by atoms with Crippen molar-refractivity contribution >= 4 is 27.0 Å². The molecule has 1 aliphatic heterocycles. The standard InChI is InChI=1S/C21H31N5O3S/c1-2-12-26-20-11-10-18(14-19(20)23-24-26)30(28,29)25-13-6-7-16(15-25)21(27)22-17-8-4-3-5-9-17/h10-11,14,16-17H,2-9,12-13,15H2,1H3,(H,22,27)/t16-/m1/s1. The Balaban J connectivity index is 1.48. The Kier molecular flexibility index (Phi) is 6.38. The molecule has 164 valence electrons. The number of amides is 1. The van der Waals surface area contributed by atoms with Gasteiger partial charge in [0.05, 0.1) is 16.3 Å². The van der Waals surface area contributed by atoms with Crippen LogP contribution >= 0.6 is 0 Å². The smallest absolute Gasteiger partial charge is 0.243 e. The molecule has 1 aliphatic carbocycles. The number of aromatic nitrogens is 3. The van der Waals surface area contributed by atoms with Gasteiger partial charge in [0, 0.05) is 25.7 Å². The van der Waals surface area contributed by atoms with E-state index in [0.717, 1.165) is 50.6 Å². The quantitative estimate of drug-likeness (QED) is 0.755. The molecule has 2 aliphatic rings. The lowest BCUT2D eigenvalue weighted by Crippen LogP contribution is -2.47. The minimum atomic E-state index is -3.68. The molecule has 1 saturated heterocycles. The normalized spacial score (nSPS) is 21.7. The molecule has 4 rings (SSSR count). The van der Waals surface area contributed by atoms with Crippen molar-refractivity contribution in [1.82, 2.24) is 24.6 Å². The zero-order valence-corrected chi connectivity index (χ0v) is 18.4. The van der Waals surface area contributed by atoms with Gasteiger partial charge in [0.2, 0.25) is 15.9 Å². The van der Waals surface area contributed by atoms with Crippen LogP contribution in [0.3, 0.4) is 0 Å². The summed E-state index contributed by atoms with van der Waals surface area (Å²) in [6.45, 7) is 3.48. The van der Waals surface area contributed by atoms with E-state index < -0.39 is 10.0 Å². The highest BCUT2D eigenvalue weighted by Crippen LogP contribution is 2.26. The van der Waals surface area contributed by atoms with E-state index in [-0.39, 0.29) is 29.3 Å². The average molecular weight is 434 g/mol. The predicted octanol–water partition coefficient (Wildman–Crippen LogP) is 2.69. The molecule has 2 heterocycles. The summed E-state index contributed by atoms with van der Waals surface area (Å²) in [6.07, 6.45) is 7.95. The molecule has 1 N–H and O–H groups in total. The van der Waals surface area contributed by atoms with Crippen LogP contribution in [0.2, 0.25) is 0 Å². The van der Waals surface area contributed by atoms with Crippen LogP contribution in [0.4, 0.5) is 0 Å². The molecule has 0 unspecified atom stereocenters. The van der Waals surface area contributed by atoms with Gasteiger partial charge in [-0.3, -0.25) is 4.79 Å². The Morgan fingerprint density at radius 3 is 2.73 bits per heavy atom. The number of hydrogen-bond donors (Lipinski definition) is 1. The Morgan fingerprint density at radius 1 is 1.17 bits per heavy atom. The van der Waals surface area contributed by atoms with E-state index in [1.807, 2.05) is 0 Å². The van der Waals surface area contributed by atoms with Crippen molar-refractivity contribution < 1.29 is 13.2 Å². The Bertz CT molecular complexity index is 997. The summed E-state index contributed by atoms with van der Waals surface area (Å²) in [7, 11) is -3.68. The number of nitrogens with zero attached hydrogens (tertiary/aromatic N) is 4. The van der Waals surface area contributed by atoms with Crippen molar-refractivity contribution in [1.29, 1.82) is 0 Å². The molecule has 9 heteroatoms. The van der Waals surface area contributed by atoms with Crippen molar-refractivity contribution in [2.45, 2.75) is 75.8 Å². The highest BCUT2D eigenvalue weighted by atomic mass is 32.2. The van der Waals surface area contributed by atoms with Crippen LogP contribution in [0.5, 0.6) is 0 Å². The number of hydrogen-bond acceptors (Lipinski definition) is 5. The van der Waals surface area contributed by atoms with Crippen LogP contribution in [-0.4, -0.2) is 52.8 Å². The third kappa shape index (κ3) is 4.37. The number of sulfonamides is 1. The van der Waals surface area contributed by atoms with Gasteiger partial charge >= 0.3 is 0 Å². The monoisotopic (exact) mass is 433 g/mol. The van der Waals surface area contributed by atoms with Crippen molar-refractivity contribution in [3.05, 3.63) is 18.2 Å². The van der Waals surface area contributed by atoms with Gasteiger partial charge < -0.3 is 5.32 Å². The number of piperidine rings is 1. The Hall–Kier alpha value is -2.00. The second-order valence-electron chi connectivity index (χ2n) is 8.51. The van der Waals surface area contributed by atoms with Crippen LogP contribution in [0.15, 0.2) is 23.1 Å². The predicted molar refractivity (Wildman–Crippen MR) is 114 cm³/mol. The molecule has 1 aromatic carbocycles. The third-order valence-corrected chi connectivity index (χ3v) is 8.13. The zero-order chi connectivity index (χ0) is 21.1. The van der Waals surface area contributed by atoms with Gasteiger partial charge in [-0.25, -0.2) is 13.1 Å². The molecule has 30 heavy (non-hydrogen) atoms. The van der Waals surface area contributed by atoms with E-state index in [1.54, 1.807) is 22.9 Å². The third-order valence-electron chi connectivity index (χ3n) is 6.27.